The molecule has 0 fully saturated rings. The predicted octanol–water partition coefficient (Wildman–Crippen LogP) is 1.79. The Hall–Kier alpha value is -2.48. The molecule has 0 unspecified atom stereocenters. The Bertz CT molecular complexity index is 753. The highest BCUT2D eigenvalue weighted by atomic mass is 35.5. The lowest BCUT2D eigenvalue weighted by atomic mass is 10.2. The molecule has 0 spiro atoms. The smallest absolute Gasteiger partial charge is 0.269 e. The Morgan fingerprint density at radius 1 is 1.07 bits per heavy atom. The summed E-state index contributed by atoms with van der Waals surface area (Å²) in [7, 11) is 0. The molecule has 0 radical (unpaired) electrons. The van der Waals surface area contributed by atoms with Gasteiger partial charge in [-0.25, -0.2) is 0 Å². The summed E-state index contributed by atoms with van der Waals surface area (Å²) in [6.07, 6.45) is 1.88. The number of rotatable bonds is 10. The molecule has 2 aromatic rings. The van der Waals surface area contributed by atoms with E-state index in [0.29, 0.717) is 43.3 Å². The van der Waals surface area contributed by atoms with Crippen LogP contribution >= 0.6 is 11.6 Å². The second-order valence-electron chi connectivity index (χ2n) is 5.70. The van der Waals surface area contributed by atoms with E-state index in [2.05, 4.69) is 15.6 Å². The molecule has 0 saturated carbocycles. The van der Waals surface area contributed by atoms with E-state index in [1.807, 2.05) is 12.1 Å². The van der Waals surface area contributed by atoms with Crippen molar-refractivity contribution in [3.8, 4) is 0 Å². The summed E-state index contributed by atoms with van der Waals surface area (Å²) in [5, 5.41) is 14.8. The number of amides is 2. The first-order valence-electron chi connectivity index (χ1n) is 8.55. The van der Waals surface area contributed by atoms with Crippen molar-refractivity contribution in [2.45, 2.75) is 13.0 Å². The first kappa shape index (κ1) is 20.8. The van der Waals surface area contributed by atoms with Crippen molar-refractivity contribution in [3.05, 3.63) is 64.4 Å². The molecule has 27 heavy (non-hydrogen) atoms. The van der Waals surface area contributed by atoms with E-state index < -0.39 is 0 Å². The lowest BCUT2D eigenvalue weighted by Gasteiger charge is -2.08. The number of carbonyl (C=O) groups excluding carboxylic acids is 2. The van der Waals surface area contributed by atoms with E-state index in [4.69, 9.17) is 21.4 Å². The number of ether oxygens (including phenoxy) is 1. The zero-order valence-electron chi connectivity index (χ0n) is 14.8. The van der Waals surface area contributed by atoms with Gasteiger partial charge in [-0.15, -0.1) is 0 Å². The van der Waals surface area contributed by atoms with Gasteiger partial charge >= 0.3 is 0 Å². The fraction of sp³-hybridized carbons (Fsp3) is 0.316. The van der Waals surface area contributed by atoms with Gasteiger partial charge in [0.25, 0.3) is 11.8 Å². The first-order chi connectivity index (χ1) is 13.1. The minimum Gasteiger partial charge on any atom is -0.396 e. The van der Waals surface area contributed by atoms with Crippen LogP contribution in [0.1, 0.15) is 32.8 Å². The molecule has 8 heteroatoms. The number of hydrogen-bond donors (Lipinski definition) is 3. The monoisotopic (exact) mass is 391 g/mol. The Balaban J connectivity index is 1.74. The SMILES string of the molecule is O=C(NCCCO)c1ccnc(C(=O)NCCOCc2ccc(Cl)cc2)c1. The van der Waals surface area contributed by atoms with Gasteiger partial charge in [-0.1, -0.05) is 23.7 Å². The van der Waals surface area contributed by atoms with Crippen molar-refractivity contribution in [1.29, 1.82) is 0 Å². The maximum Gasteiger partial charge on any atom is 0.269 e. The van der Waals surface area contributed by atoms with Gasteiger partial charge in [0, 0.05) is 36.5 Å². The van der Waals surface area contributed by atoms with Crippen LogP contribution in [0.25, 0.3) is 0 Å². The molecule has 0 aliphatic heterocycles. The van der Waals surface area contributed by atoms with Gasteiger partial charge in [0.2, 0.25) is 0 Å². The Kier molecular flexibility index (Phi) is 8.70. The van der Waals surface area contributed by atoms with Crippen LogP contribution < -0.4 is 10.6 Å². The van der Waals surface area contributed by atoms with Crippen LogP contribution in [0.3, 0.4) is 0 Å². The minimum atomic E-state index is -0.380. The molecule has 1 heterocycles. The summed E-state index contributed by atoms with van der Waals surface area (Å²) in [6, 6.07) is 10.3. The van der Waals surface area contributed by atoms with Gasteiger partial charge in [0.15, 0.2) is 0 Å². The standard InChI is InChI=1S/C19H22ClN3O4/c20-16-4-2-14(3-5-16)13-27-11-9-23-19(26)17-12-15(6-8-21-17)18(25)22-7-1-10-24/h2-6,8,12,24H,1,7,9-11,13H2,(H,22,25)(H,23,26). The minimum absolute atomic E-state index is 0.00434. The molecule has 1 aromatic carbocycles. The molecule has 1 aromatic heterocycles. The van der Waals surface area contributed by atoms with Crippen LogP contribution in [0.2, 0.25) is 5.02 Å². The number of carbonyl (C=O) groups is 2. The number of halogens is 1. The van der Waals surface area contributed by atoms with E-state index in [-0.39, 0.29) is 24.1 Å². The number of nitrogens with one attached hydrogen (secondary N) is 2. The molecular formula is C19H22ClN3O4. The van der Waals surface area contributed by atoms with Crippen LogP contribution in [0.4, 0.5) is 0 Å². The summed E-state index contributed by atoms with van der Waals surface area (Å²) in [5.41, 5.74) is 1.49. The van der Waals surface area contributed by atoms with Crippen molar-refractivity contribution in [2.75, 3.05) is 26.3 Å². The second-order valence-corrected chi connectivity index (χ2v) is 6.13. The number of benzene rings is 1. The van der Waals surface area contributed by atoms with Crippen LogP contribution in [-0.2, 0) is 11.3 Å². The maximum atomic E-state index is 12.1. The van der Waals surface area contributed by atoms with Crippen LogP contribution in [0, 0.1) is 0 Å². The second kappa shape index (κ2) is 11.3. The molecule has 0 bridgehead atoms. The predicted molar refractivity (Wildman–Crippen MR) is 102 cm³/mol. The quantitative estimate of drug-likeness (QED) is 0.536. The number of pyridine rings is 1. The number of nitrogens with zero attached hydrogens (tertiary/aromatic N) is 1. The van der Waals surface area contributed by atoms with E-state index >= 15 is 0 Å². The Morgan fingerprint density at radius 2 is 1.81 bits per heavy atom. The maximum absolute atomic E-state index is 12.1. The molecule has 0 atom stereocenters. The van der Waals surface area contributed by atoms with Crippen molar-refractivity contribution in [2.24, 2.45) is 0 Å². The van der Waals surface area contributed by atoms with Gasteiger partial charge < -0.3 is 20.5 Å². The third kappa shape index (κ3) is 7.34. The fourth-order valence-electron chi connectivity index (χ4n) is 2.18. The van der Waals surface area contributed by atoms with Gasteiger partial charge in [-0.05, 0) is 36.2 Å². The zero-order chi connectivity index (χ0) is 19.5. The molecule has 0 aliphatic rings. The highest BCUT2D eigenvalue weighted by Crippen LogP contribution is 2.10. The Labute approximate surface area is 162 Å². The third-order valence-electron chi connectivity index (χ3n) is 3.59. The normalized spacial score (nSPS) is 10.4. The molecule has 7 nitrogen and oxygen atoms in total. The molecule has 3 N–H and O–H groups in total. The molecule has 144 valence electrons. The highest BCUT2D eigenvalue weighted by Gasteiger charge is 2.11. The Morgan fingerprint density at radius 3 is 2.56 bits per heavy atom. The topological polar surface area (TPSA) is 101 Å². The molecule has 2 rings (SSSR count). The van der Waals surface area contributed by atoms with Crippen molar-refractivity contribution in [1.82, 2.24) is 15.6 Å². The van der Waals surface area contributed by atoms with Crippen molar-refractivity contribution in [3.63, 3.8) is 0 Å². The number of aromatic nitrogens is 1. The van der Waals surface area contributed by atoms with Gasteiger partial charge in [0.1, 0.15) is 5.69 Å². The lowest BCUT2D eigenvalue weighted by Crippen LogP contribution is -2.29. The van der Waals surface area contributed by atoms with Crippen LogP contribution in [0.5, 0.6) is 0 Å². The third-order valence-corrected chi connectivity index (χ3v) is 3.84. The highest BCUT2D eigenvalue weighted by molar-refractivity contribution is 6.30. The number of aliphatic hydroxyl groups excluding tert-OH is 1. The van der Waals surface area contributed by atoms with Gasteiger partial charge in [-0.3, -0.25) is 14.6 Å². The zero-order valence-corrected chi connectivity index (χ0v) is 15.5. The molecule has 0 saturated heterocycles. The average molecular weight is 392 g/mol. The fourth-order valence-corrected chi connectivity index (χ4v) is 2.30. The summed E-state index contributed by atoms with van der Waals surface area (Å²) < 4.78 is 5.50. The van der Waals surface area contributed by atoms with Crippen LogP contribution in [0.15, 0.2) is 42.6 Å². The summed E-state index contributed by atoms with van der Waals surface area (Å²) in [6.45, 7) is 1.46. The summed E-state index contributed by atoms with van der Waals surface area (Å²) in [5.74, 6) is -0.693. The summed E-state index contributed by atoms with van der Waals surface area (Å²) >= 11 is 5.82. The van der Waals surface area contributed by atoms with E-state index in [9.17, 15) is 9.59 Å². The lowest BCUT2D eigenvalue weighted by molar-refractivity contribution is 0.0896. The van der Waals surface area contributed by atoms with E-state index in [1.165, 1.54) is 18.3 Å². The van der Waals surface area contributed by atoms with Crippen molar-refractivity contribution < 1.29 is 19.4 Å². The first-order valence-corrected chi connectivity index (χ1v) is 8.93. The number of aliphatic hydroxyl groups is 1. The largest absolute Gasteiger partial charge is 0.396 e. The van der Waals surface area contributed by atoms with E-state index in [0.717, 1.165) is 5.56 Å². The van der Waals surface area contributed by atoms with Gasteiger partial charge in [0.05, 0.1) is 13.2 Å². The molecule has 0 aliphatic carbocycles. The van der Waals surface area contributed by atoms with Crippen LogP contribution in [-0.4, -0.2) is 48.2 Å². The van der Waals surface area contributed by atoms with Gasteiger partial charge in [-0.2, -0.15) is 0 Å². The molecule has 2 amide bonds. The molecular weight excluding hydrogens is 370 g/mol. The summed E-state index contributed by atoms with van der Waals surface area (Å²) in [4.78, 5) is 28.1. The number of hydrogen-bond acceptors (Lipinski definition) is 5. The average Bonchev–Trinajstić information content (AvgIpc) is 2.69. The van der Waals surface area contributed by atoms with E-state index in [1.54, 1.807) is 12.1 Å². The van der Waals surface area contributed by atoms with Crippen molar-refractivity contribution >= 4 is 23.4 Å².